The van der Waals surface area contributed by atoms with Gasteiger partial charge in [-0.25, -0.2) is 0 Å². The van der Waals surface area contributed by atoms with Crippen molar-refractivity contribution in [1.82, 2.24) is 0 Å². The van der Waals surface area contributed by atoms with Crippen LogP contribution in [0.4, 0.5) is 17.1 Å². The van der Waals surface area contributed by atoms with Crippen molar-refractivity contribution in [3.63, 3.8) is 0 Å². The lowest BCUT2D eigenvalue weighted by Gasteiger charge is -2.28. The highest BCUT2D eigenvalue weighted by molar-refractivity contribution is 5.69. The molecule has 6 heteroatoms. The van der Waals surface area contributed by atoms with Gasteiger partial charge in [-0.2, -0.15) is 0 Å². The fourth-order valence-corrected chi connectivity index (χ4v) is 2.61. The summed E-state index contributed by atoms with van der Waals surface area (Å²) in [5, 5.41) is 0. The van der Waals surface area contributed by atoms with Gasteiger partial charge in [-0.15, -0.1) is 0 Å². The molecule has 0 aliphatic heterocycles. The SMILES string of the molecule is CN(CCCN)c1cc(N(C)CCCN)cc(N(C)CCCN)c1. The van der Waals surface area contributed by atoms with E-state index in [9.17, 15) is 0 Å². The number of rotatable bonds is 12. The Kier molecular flexibility index (Phi) is 9.52. The minimum Gasteiger partial charge on any atom is -0.374 e. The maximum Gasteiger partial charge on any atom is 0.0405 e. The van der Waals surface area contributed by atoms with E-state index in [4.69, 9.17) is 17.2 Å². The molecule has 0 spiro atoms. The third-order valence-electron chi connectivity index (χ3n) is 4.30. The van der Waals surface area contributed by atoms with Crippen LogP contribution in [0.3, 0.4) is 0 Å². The van der Waals surface area contributed by atoms with Gasteiger partial charge in [0.25, 0.3) is 0 Å². The van der Waals surface area contributed by atoms with Crippen LogP contribution >= 0.6 is 0 Å². The smallest absolute Gasteiger partial charge is 0.0405 e. The van der Waals surface area contributed by atoms with Gasteiger partial charge < -0.3 is 31.9 Å². The van der Waals surface area contributed by atoms with Crippen molar-refractivity contribution < 1.29 is 0 Å². The summed E-state index contributed by atoms with van der Waals surface area (Å²) in [4.78, 5) is 6.81. The molecule has 1 rings (SSSR count). The summed E-state index contributed by atoms with van der Waals surface area (Å²) >= 11 is 0. The standard InChI is InChI=1S/C18H36N6/c1-22(10-4-7-19)16-13-17(23(2)11-5-8-20)15-18(14-16)24(3)12-6-9-21/h13-15H,4-12,19-21H2,1-3H3. The second kappa shape index (κ2) is 11.1. The van der Waals surface area contributed by atoms with Crippen molar-refractivity contribution in [2.75, 3.05) is 75.1 Å². The first kappa shape index (κ1) is 20.5. The van der Waals surface area contributed by atoms with E-state index in [1.54, 1.807) is 0 Å². The van der Waals surface area contributed by atoms with Crippen molar-refractivity contribution in [3.05, 3.63) is 18.2 Å². The van der Waals surface area contributed by atoms with Crippen LogP contribution < -0.4 is 31.9 Å². The lowest BCUT2D eigenvalue weighted by Crippen LogP contribution is -2.25. The molecule has 0 amide bonds. The van der Waals surface area contributed by atoms with Crippen LogP contribution in [-0.2, 0) is 0 Å². The molecular formula is C18H36N6. The highest BCUT2D eigenvalue weighted by atomic mass is 15.1. The molecule has 0 saturated heterocycles. The van der Waals surface area contributed by atoms with Gasteiger partial charge in [0.2, 0.25) is 0 Å². The van der Waals surface area contributed by atoms with E-state index in [1.807, 2.05) is 0 Å². The third kappa shape index (κ3) is 6.55. The van der Waals surface area contributed by atoms with Gasteiger partial charge in [0.05, 0.1) is 0 Å². The molecule has 0 aromatic heterocycles. The highest BCUT2D eigenvalue weighted by Gasteiger charge is 2.11. The number of hydrogen-bond donors (Lipinski definition) is 3. The van der Waals surface area contributed by atoms with E-state index in [0.29, 0.717) is 19.6 Å². The Labute approximate surface area is 147 Å². The predicted molar refractivity (Wildman–Crippen MR) is 107 cm³/mol. The Bertz CT molecular complexity index is 386. The van der Waals surface area contributed by atoms with Crippen LogP contribution in [0.1, 0.15) is 19.3 Å². The first-order valence-corrected chi connectivity index (χ1v) is 8.92. The number of nitrogens with zero attached hydrogens (tertiary/aromatic N) is 3. The average Bonchev–Trinajstić information content (AvgIpc) is 2.61. The molecule has 24 heavy (non-hydrogen) atoms. The van der Waals surface area contributed by atoms with Gasteiger partial charge in [-0.1, -0.05) is 0 Å². The predicted octanol–water partition coefficient (Wildman–Crippen LogP) is 1.04. The van der Waals surface area contributed by atoms with Crippen molar-refractivity contribution >= 4 is 17.1 Å². The molecule has 0 aliphatic rings. The minimum absolute atomic E-state index is 0.712. The molecular weight excluding hydrogens is 300 g/mol. The molecule has 0 saturated carbocycles. The lowest BCUT2D eigenvalue weighted by atomic mass is 10.2. The molecule has 1 aromatic carbocycles. The monoisotopic (exact) mass is 336 g/mol. The van der Waals surface area contributed by atoms with E-state index in [0.717, 1.165) is 38.9 Å². The van der Waals surface area contributed by atoms with Gasteiger partial charge in [0, 0.05) is 57.8 Å². The topological polar surface area (TPSA) is 87.8 Å². The maximum atomic E-state index is 5.65. The summed E-state index contributed by atoms with van der Waals surface area (Å²) in [6, 6.07) is 6.73. The van der Waals surface area contributed by atoms with E-state index in [2.05, 4.69) is 54.0 Å². The van der Waals surface area contributed by atoms with Crippen LogP contribution in [0.25, 0.3) is 0 Å². The molecule has 0 heterocycles. The fourth-order valence-electron chi connectivity index (χ4n) is 2.61. The molecule has 0 bridgehead atoms. The summed E-state index contributed by atoms with van der Waals surface area (Å²) in [5.74, 6) is 0. The summed E-state index contributed by atoms with van der Waals surface area (Å²) < 4.78 is 0. The Morgan fingerprint density at radius 2 is 0.833 bits per heavy atom. The quantitative estimate of drug-likeness (QED) is 0.529. The third-order valence-corrected chi connectivity index (χ3v) is 4.30. The van der Waals surface area contributed by atoms with E-state index >= 15 is 0 Å². The second-order valence-electron chi connectivity index (χ2n) is 6.40. The molecule has 0 fully saturated rings. The molecule has 1 aromatic rings. The summed E-state index contributed by atoms with van der Waals surface area (Å²) in [5.41, 5.74) is 20.6. The molecule has 0 aliphatic carbocycles. The van der Waals surface area contributed by atoms with Gasteiger partial charge >= 0.3 is 0 Å². The first-order valence-electron chi connectivity index (χ1n) is 8.92. The summed E-state index contributed by atoms with van der Waals surface area (Å²) in [7, 11) is 6.37. The van der Waals surface area contributed by atoms with Crippen LogP contribution in [0, 0.1) is 0 Å². The summed E-state index contributed by atoms with van der Waals surface area (Å²) in [6.07, 6.45) is 2.96. The van der Waals surface area contributed by atoms with E-state index in [-0.39, 0.29) is 0 Å². The number of hydrogen-bond acceptors (Lipinski definition) is 6. The molecule has 0 radical (unpaired) electrons. The number of benzene rings is 1. The van der Waals surface area contributed by atoms with Crippen molar-refractivity contribution in [3.8, 4) is 0 Å². The Balaban J connectivity index is 3.03. The number of nitrogens with two attached hydrogens (primary N) is 3. The number of anilines is 3. The van der Waals surface area contributed by atoms with Gasteiger partial charge in [0.15, 0.2) is 0 Å². The molecule has 138 valence electrons. The first-order chi connectivity index (χ1) is 11.5. The summed E-state index contributed by atoms with van der Waals surface area (Å²) in [6.45, 7) is 5.01. The molecule has 6 N–H and O–H groups in total. The van der Waals surface area contributed by atoms with Crippen molar-refractivity contribution in [2.45, 2.75) is 19.3 Å². The van der Waals surface area contributed by atoms with Crippen molar-refractivity contribution in [1.29, 1.82) is 0 Å². The average molecular weight is 337 g/mol. The van der Waals surface area contributed by atoms with Crippen molar-refractivity contribution in [2.24, 2.45) is 17.2 Å². The highest BCUT2D eigenvalue weighted by Crippen LogP contribution is 2.29. The largest absolute Gasteiger partial charge is 0.374 e. The lowest BCUT2D eigenvalue weighted by molar-refractivity contribution is 0.782. The maximum absolute atomic E-state index is 5.65. The van der Waals surface area contributed by atoms with Gasteiger partial charge in [0.1, 0.15) is 0 Å². The molecule has 6 nitrogen and oxygen atoms in total. The van der Waals surface area contributed by atoms with E-state index in [1.165, 1.54) is 17.1 Å². The second-order valence-corrected chi connectivity index (χ2v) is 6.40. The zero-order valence-electron chi connectivity index (χ0n) is 15.7. The zero-order chi connectivity index (χ0) is 17.9. The Morgan fingerprint density at radius 3 is 1.04 bits per heavy atom. The minimum atomic E-state index is 0.712. The van der Waals surface area contributed by atoms with E-state index < -0.39 is 0 Å². The Morgan fingerprint density at radius 1 is 0.583 bits per heavy atom. The normalized spacial score (nSPS) is 10.8. The zero-order valence-corrected chi connectivity index (χ0v) is 15.7. The fraction of sp³-hybridized carbons (Fsp3) is 0.667. The molecule has 0 unspecified atom stereocenters. The van der Waals surface area contributed by atoms with Crippen LogP contribution in [-0.4, -0.2) is 60.4 Å². The van der Waals surface area contributed by atoms with Crippen LogP contribution in [0.5, 0.6) is 0 Å². The van der Waals surface area contributed by atoms with Crippen LogP contribution in [0.2, 0.25) is 0 Å². The molecule has 0 atom stereocenters. The van der Waals surface area contributed by atoms with Crippen LogP contribution in [0.15, 0.2) is 18.2 Å². The van der Waals surface area contributed by atoms with Gasteiger partial charge in [-0.05, 0) is 57.1 Å². The van der Waals surface area contributed by atoms with Gasteiger partial charge in [-0.3, -0.25) is 0 Å². The Hall–Kier alpha value is -1.50.